The van der Waals surface area contributed by atoms with Gasteiger partial charge in [-0.05, 0) is 67.6 Å². The second-order valence-corrected chi connectivity index (χ2v) is 14.2. The molecule has 6 aliphatic rings. The molecule has 218 valence electrons. The fourth-order valence-electron chi connectivity index (χ4n) is 10.8. The minimum Gasteiger partial charge on any atom is -0.458 e. The highest BCUT2D eigenvalue weighted by molar-refractivity contribution is 5.67. The summed E-state index contributed by atoms with van der Waals surface area (Å²) >= 11 is 0. The van der Waals surface area contributed by atoms with E-state index in [-0.39, 0.29) is 29.8 Å². The van der Waals surface area contributed by atoms with Crippen molar-refractivity contribution in [1.29, 1.82) is 0 Å². The Morgan fingerprint density at radius 2 is 1.77 bits per heavy atom. The molecule has 39 heavy (non-hydrogen) atoms. The van der Waals surface area contributed by atoms with Crippen molar-refractivity contribution in [2.75, 3.05) is 6.61 Å². The Morgan fingerprint density at radius 1 is 1.05 bits per heavy atom. The number of hydrogen-bond donors (Lipinski definition) is 2. The molecule has 8 nitrogen and oxygen atoms in total. The van der Waals surface area contributed by atoms with Gasteiger partial charge in [-0.25, -0.2) is 0 Å². The summed E-state index contributed by atoms with van der Waals surface area (Å²) in [6, 6.07) is 0. The Bertz CT molecular complexity index is 1050. The lowest BCUT2D eigenvalue weighted by atomic mass is 9.42. The molecule has 2 N–H and O–H groups in total. The molecule has 4 saturated carbocycles. The second kappa shape index (κ2) is 9.01. The molecule has 0 radical (unpaired) electrons. The predicted octanol–water partition coefficient (Wildman–Crippen LogP) is 3.91. The Balaban J connectivity index is 1.33. The largest absolute Gasteiger partial charge is 0.458 e. The van der Waals surface area contributed by atoms with Gasteiger partial charge in [0.15, 0.2) is 11.9 Å². The first-order valence-electron chi connectivity index (χ1n) is 15.0. The fraction of sp³-hybridized carbons (Fsp3) is 0.871. The lowest BCUT2D eigenvalue weighted by Crippen LogP contribution is -2.72. The van der Waals surface area contributed by atoms with E-state index in [4.69, 9.17) is 18.9 Å². The van der Waals surface area contributed by atoms with Crippen LogP contribution in [0.25, 0.3) is 0 Å². The van der Waals surface area contributed by atoms with Crippen molar-refractivity contribution < 1.29 is 38.7 Å². The van der Waals surface area contributed by atoms with Gasteiger partial charge in [0.1, 0.15) is 6.10 Å². The Morgan fingerprint density at radius 3 is 2.41 bits per heavy atom. The summed E-state index contributed by atoms with van der Waals surface area (Å²) < 4.78 is 24.7. The molecule has 4 aliphatic carbocycles. The molecule has 0 amide bonds. The summed E-state index contributed by atoms with van der Waals surface area (Å²) in [5.41, 5.74) is -0.870. The topological polar surface area (TPSA) is 112 Å². The van der Waals surface area contributed by atoms with Crippen LogP contribution in [0.3, 0.4) is 0 Å². The van der Waals surface area contributed by atoms with Crippen LogP contribution < -0.4 is 0 Å². The van der Waals surface area contributed by atoms with Gasteiger partial charge in [-0.1, -0.05) is 32.9 Å². The summed E-state index contributed by atoms with van der Waals surface area (Å²) in [5.74, 6) is -0.104. The molecule has 8 heteroatoms. The fourth-order valence-corrected chi connectivity index (χ4v) is 10.8. The van der Waals surface area contributed by atoms with Gasteiger partial charge >= 0.3 is 11.9 Å². The molecule has 1 spiro atoms. The van der Waals surface area contributed by atoms with Crippen LogP contribution in [-0.2, 0) is 28.5 Å². The van der Waals surface area contributed by atoms with Crippen molar-refractivity contribution in [2.24, 2.45) is 40.4 Å². The van der Waals surface area contributed by atoms with Gasteiger partial charge in [-0.3, -0.25) is 9.59 Å². The first-order valence-corrected chi connectivity index (χ1v) is 15.0. The second-order valence-electron chi connectivity index (χ2n) is 14.2. The predicted molar refractivity (Wildman–Crippen MR) is 141 cm³/mol. The molecular formula is C31H46O8. The van der Waals surface area contributed by atoms with Crippen molar-refractivity contribution in [3.8, 4) is 0 Å². The third-order valence-electron chi connectivity index (χ3n) is 12.5. The third kappa shape index (κ3) is 3.76. The van der Waals surface area contributed by atoms with Gasteiger partial charge in [-0.2, -0.15) is 0 Å². The molecule has 6 rings (SSSR count). The molecular weight excluding hydrogens is 500 g/mol. The quantitative estimate of drug-likeness (QED) is 0.396. The maximum atomic E-state index is 12.3. The van der Waals surface area contributed by atoms with Gasteiger partial charge in [0.05, 0.1) is 24.4 Å². The average molecular weight is 547 g/mol. The number of ether oxygens (including phenoxy) is 4. The SMILES string of the molecule is C=C1CCC2(OC1)OC1CC3C4CCC5(O)CC(O)C(OC(C)=O)C(OC(C)=O)C5(C)C4CCC3(C)C1C2C. The number of carbonyl (C=O) groups excluding carboxylic acids is 2. The van der Waals surface area contributed by atoms with Crippen LogP contribution in [-0.4, -0.2) is 64.6 Å². The molecule has 13 atom stereocenters. The Labute approximate surface area is 231 Å². The highest BCUT2D eigenvalue weighted by atomic mass is 16.7. The Hall–Kier alpha value is -1.48. The van der Waals surface area contributed by atoms with E-state index in [2.05, 4.69) is 20.4 Å². The van der Waals surface area contributed by atoms with E-state index in [1.165, 1.54) is 13.8 Å². The minimum atomic E-state index is -1.22. The smallest absolute Gasteiger partial charge is 0.303 e. The van der Waals surface area contributed by atoms with Crippen LogP contribution in [0.1, 0.15) is 86.0 Å². The summed E-state index contributed by atoms with van der Waals surface area (Å²) in [6.07, 6.45) is 3.19. The van der Waals surface area contributed by atoms with Crippen LogP contribution in [0.2, 0.25) is 0 Å². The summed E-state index contributed by atoms with van der Waals surface area (Å²) in [7, 11) is 0. The zero-order chi connectivity index (χ0) is 28.1. The van der Waals surface area contributed by atoms with Crippen molar-refractivity contribution in [3.05, 3.63) is 12.2 Å². The van der Waals surface area contributed by atoms with Crippen molar-refractivity contribution in [2.45, 2.75) is 122 Å². The first-order chi connectivity index (χ1) is 18.3. The van der Waals surface area contributed by atoms with Gasteiger partial charge in [-0.15, -0.1) is 0 Å². The first kappa shape index (κ1) is 27.7. The number of rotatable bonds is 2. The lowest BCUT2D eigenvalue weighted by Gasteiger charge is -2.66. The van der Waals surface area contributed by atoms with Gasteiger partial charge in [0.2, 0.25) is 0 Å². The monoisotopic (exact) mass is 546 g/mol. The molecule has 0 aromatic carbocycles. The summed E-state index contributed by atoms with van der Waals surface area (Å²) in [6.45, 7) is 14.1. The molecule has 2 saturated heterocycles. The minimum absolute atomic E-state index is 0.0570. The molecule has 13 unspecified atom stereocenters. The number of esters is 2. The van der Waals surface area contributed by atoms with Crippen LogP contribution in [0.15, 0.2) is 12.2 Å². The van der Waals surface area contributed by atoms with E-state index in [0.717, 1.165) is 44.1 Å². The maximum Gasteiger partial charge on any atom is 0.303 e. The number of fused-ring (bicyclic) bond motifs is 7. The van der Waals surface area contributed by atoms with Crippen molar-refractivity contribution >= 4 is 11.9 Å². The van der Waals surface area contributed by atoms with Crippen molar-refractivity contribution in [3.63, 3.8) is 0 Å². The Kier molecular flexibility index (Phi) is 6.39. The van der Waals surface area contributed by atoms with Crippen LogP contribution in [0.4, 0.5) is 0 Å². The average Bonchev–Trinajstić information content (AvgIpc) is 3.29. The van der Waals surface area contributed by atoms with Gasteiger partial charge in [0, 0.05) is 38.0 Å². The number of hydrogen-bond acceptors (Lipinski definition) is 8. The molecule has 0 bridgehead atoms. The highest BCUT2D eigenvalue weighted by Gasteiger charge is 2.73. The molecule has 0 aromatic rings. The number of carbonyl (C=O) groups is 2. The molecule has 0 aromatic heterocycles. The normalized spacial score (nSPS) is 54.3. The zero-order valence-corrected chi connectivity index (χ0v) is 24.1. The van der Waals surface area contributed by atoms with Crippen LogP contribution in [0, 0.1) is 40.4 Å². The number of aliphatic hydroxyl groups is 2. The van der Waals surface area contributed by atoms with E-state index in [0.29, 0.717) is 30.8 Å². The lowest BCUT2D eigenvalue weighted by molar-refractivity contribution is -0.294. The third-order valence-corrected chi connectivity index (χ3v) is 12.5. The van der Waals surface area contributed by atoms with Gasteiger partial charge in [0.25, 0.3) is 0 Å². The van der Waals surface area contributed by atoms with Crippen LogP contribution in [0.5, 0.6) is 0 Å². The van der Waals surface area contributed by atoms with E-state index < -0.39 is 47.1 Å². The van der Waals surface area contributed by atoms with Crippen LogP contribution >= 0.6 is 0 Å². The molecule has 6 fully saturated rings. The van der Waals surface area contributed by atoms with Crippen molar-refractivity contribution in [1.82, 2.24) is 0 Å². The summed E-state index contributed by atoms with van der Waals surface area (Å²) in [5, 5.41) is 23.2. The van der Waals surface area contributed by atoms with E-state index >= 15 is 0 Å². The molecule has 2 aliphatic heterocycles. The molecule has 2 heterocycles. The summed E-state index contributed by atoms with van der Waals surface area (Å²) in [4.78, 5) is 24.4. The zero-order valence-electron chi connectivity index (χ0n) is 24.1. The highest BCUT2D eigenvalue weighted by Crippen LogP contribution is 2.72. The maximum absolute atomic E-state index is 12.3. The van der Waals surface area contributed by atoms with E-state index in [1.54, 1.807) is 0 Å². The standard InChI is InChI=1S/C31H46O8/c1-16-7-12-31(36-15-16)17(2)25-24(39-31)13-22-20-8-11-30(35)14-23(34)26(37-18(3)32)27(38-19(4)33)29(30,6)21(20)9-10-28(22,25)5/h17,20-27,34-35H,1,7-15H2,2-6H3. The van der Waals surface area contributed by atoms with Gasteiger partial charge < -0.3 is 29.2 Å². The van der Waals surface area contributed by atoms with E-state index in [1.807, 2.05) is 6.92 Å². The number of aliphatic hydroxyl groups excluding tert-OH is 1. The van der Waals surface area contributed by atoms with E-state index in [9.17, 15) is 19.8 Å².